The van der Waals surface area contributed by atoms with Crippen LogP contribution in [0.5, 0.6) is 0 Å². The number of aromatic nitrogens is 1. The summed E-state index contributed by atoms with van der Waals surface area (Å²) in [4.78, 5) is 3.46. The van der Waals surface area contributed by atoms with E-state index in [1.807, 2.05) is 0 Å². The Kier molecular flexibility index (Phi) is 1.95. The quantitative estimate of drug-likeness (QED) is 0.710. The number of hydrogen-bond donors (Lipinski definition) is 1. The predicted octanol–water partition coefficient (Wildman–Crippen LogP) is 3.90. The molecule has 1 nitrogen and oxygen atoms in total. The Balaban J connectivity index is 2.11. The lowest BCUT2D eigenvalue weighted by atomic mass is 10.0. The molecule has 15 heavy (non-hydrogen) atoms. The molecule has 0 amide bonds. The summed E-state index contributed by atoms with van der Waals surface area (Å²) in [5, 5.41) is 1.29. The van der Waals surface area contributed by atoms with Crippen molar-refractivity contribution >= 4 is 16.5 Å². The van der Waals surface area contributed by atoms with Crippen LogP contribution in [0.3, 0.4) is 0 Å². The smallest absolute Gasteiger partial charge is 0.0458 e. The van der Waals surface area contributed by atoms with Crippen molar-refractivity contribution in [3.8, 4) is 0 Å². The fraction of sp³-hybridized carbons (Fsp3) is 0.143. The summed E-state index contributed by atoms with van der Waals surface area (Å²) in [5.41, 5.74) is 3.90. The summed E-state index contributed by atoms with van der Waals surface area (Å²) < 4.78 is 0. The van der Waals surface area contributed by atoms with E-state index in [-0.39, 0.29) is 0 Å². The van der Waals surface area contributed by atoms with Crippen molar-refractivity contribution in [1.82, 2.24) is 4.98 Å². The van der Waals surface area contributed by atoms with Crippen molar-refractivity contribution in [2.45, 2.75) is 12.8 Å². The summed E-state index contributed by atoms with van der Waals surface area (Å²) in [5.74, 6) is 0. The molecule has 1 aromatic carbocycles. The molecule has 0 unspecified atom stereocenters. The summed E-state index contributed by atoms with van der Waals surface area (Å²) in [6, 6.07) is 10.7. The second kappa shape index (κ2) is 3.43. The maximum atomic E-state index is 3.46. The molecule has 1 heterocycles. The lowest BCUT2D eigenvalue weighted by molar-refractivity contribution is 1.05. The van der Waals surface area contributed by atoms with Crippen molar-refractivity contribution in [3.05, 3.63) is 54.3 Å². The Morgan fingerprint density at radius 3 is 2.87 bits per heavy atom. The minimum absolute atomic E-state index is 1.14. The second-order valence-corrected chi connectivity index (χ2v) is 3.93. The van der Waals surface area contributed by atoms with Crippen LogP contribution < -0.4 is 0 Å². The van der Waals surface area contributed by atoms with Gasteiger partial charge in [-0.25, -0.2) is 0 Å². The Morgan fingerprint density at radius 2 is 2.07 bits per heavy atom. The molecule has 1 N–H and O–H groups in total. The van der Waals surface area contributed by atoms with E-state index in [9.17, 15) is 0 Å². The predicted molar refractivity (Wildman–Crippen MR) is 64.6 cm³/mol. The van der Waals surface area contributed by atoms with Crippen molar-refractivity contribution in [2.75, 3.05) is 0 Å². The number of nitrogens with one attached hydrogen (secondary N) is 1. The second-order valence-electron chi connectivity index (χ2n) is 3.93. The van der Waals surface area contributed by atoms with Crippen LogP contribution in [0.15, 0.2) is 48.6 Å². The monoisotopic (exact) mass is 195 g/mol. The van der Waals surface area contributed by atoms with Gasteiger partial charge in [0.25, 0.3) is 0 Å². The number of para-hydroxylation sites is 1. The normalized spacial score (nSPS) is 15.6. The van der Waals surface area contributed by atoms with E-state index in [4.69, 9.17) is 0 Å². The van der Waals surface area contributed by atoms with Crippen LogP contribution in [0, 0.1) is 0 Å². The Hall–Kier alpha value is -1.76. The molecule has 0 aliphatic heterocycles. The lowest BCUT2D eigenvalue weighted by Crippen LogP contribution is -1.87. The SMILES string of the molecule is C1=CCCC(c2cc3ccccc3[nH]2)=C1. The van der Waals surface area contributed by atoms with Gasteiger partial charge in [0, 0.05) is 11.2 Å². The zero-order chi connectivity index (χ0) is 10.1. The van der Waals surface area contributed by atoms with Gasteiger partial charge >= 0.3 is 0 Å². The van der Waals surface area contributed by atoms with Crippen molar-refractivity contribution in [2.24, 2.45) is 0 Å². The molecule has 1 heteroatoms. The van der Waals surface area contributed by atoms with Crippen molar-refractivity contribution in [1.29, 1.82) is 0 Å². The summed E-state index contributed by atoms with van der Waals surface area (Å²) in [6.45, 7) is 0. The first kappa shape index (κ1) is 8.54. The first-order chi connectivity index (χ1) is 7.43. The van der Waals surface area contributed by atoms with E-state index in [2.05, 4.69) is 53.5 Å². The van der Waals surface area contributed by atoms with E-state index >= 15 is 0 Å². The third kappa shape index (κ3) is 1.50. The molecule has 0 bridgehead atoms. The van der Waals surface area contributed by atoms with Crippen LogP contribution in [0.1, 0.15) is 18.5 Å². The fourth-order valence-corrected chi connectivity index (χ4v) is 2.07. The molecule has 1 aliphatic rings. The van der Waals surface area contributed by atoms with E-state index in [0.29, 0.717) is 0 Å². The number of hydrogen-bond acceptors (Lipinski definition) is 0. The minimum atomic E-state index is 1.14. The third-order valence-corrected chi connectivity index (χ3v) is 2.89. The van der Waals surface area contributed by atoms with Gasteiger partial charge in [0.2, 0.25) is 0 Å². The Labute approximate surface area is 89.1 Å². The highest BCUT2D eigenvalue weighted by molar-refractivity contribution is 5.85. The van der Waals surface area contributed by atoms with Gasteiger partial charge in [-0.15, -0.1) is 0 Å². The summed E-state index contributed by atoms with van der Waals surface area (Å²) in [6.07, 6.45) is 8.86. The number of aromatic amines is 1. The van der Waals surface area contributed by atoms with E-state index < -0.39 is 0 Å². The van der Waals surface area contributed by atoms with Crippen molar-refractivity contribution < 1.29 is 0 Å². The highest BCUT2D eigenvalue weighted by Crippen LogP contribution is 2.25. The zero-order valence-corrected chi connectivity index (χ0v) is 8.53. The molecule has 1 aliphatic carbocycles. The molecule has 2 aromatic rings. The van der Waals surface area contributed by atoms with Crippen LogP contribution in [0.2, 0.25) is 0 Å². The van der Waals surface area contributed by atoms with E-state index in [0.717, 1.165) is 12.8 Å². The van der Waals surface area contributed by atoms with E-state index in [1.54, 1.807) is 0 Å². The maximum Gasteiger partial charge on any atom is 0.0458 e. The van der Waals surface area contributed by atoms with Crippen LogP contribution in [0.4, 0.5) is 0 Å². The largest absolute Gasteiger partial charge is 0.355 e. The summed E-state index contributed by atoms with van der Waals surface area (Å²) >= 11 is 0. The molecular formula is C14H13N. The molecule has 1 aromatic heterocycles. The molecule has 0 spiro atoms. The number of allylic oxidation sites excluding steroid dienone is 4. The first-order valence-corrected chi connectivity index (χ1v) is 5.37. The topological polar surface area (TPSA) is 15.8 Å². The number of fused-ring (bicyclic) bond motifs is 1. The van der Waals surface area contributed by atoms with Crippen LogP contribution in [0.25, 0.3) is 16.5 Å². The molecule has 74 valence electrons. The average molecular weight is 195 g/mol. The third-order valence-electron chi connectivity index (χ3n) is 2.89. The van der Waals surface area contributed by atoms with E-state index in [1.165, 1.54) is 22.2 Å². The molecule has 3 rings (SSSR count). The van der Waals surface area contributed by atoms with Gasteiger partial charge in [-0.1, -0.05) is 36.4 Å². The standard InChI is InChI=1S/C14H13N/c1-2-6-11(7-3-1)14-10-12-8-4-5-9-13(12)15-14/h1-2,4-6,8-10,15H,3,7H2. The molecular weight excluding hydrogens is 182 g/mol. The lowest BCUT2D eigenvalue weighted by Gasteiger charge is -2.05. The fourth-order valence-electron chi connectivity index (χ4n) is 2.07. The average Bonchev–Trinajstić information content (AvgIpc) is 2.74. The molecule has 0 fully saturated rings. The van der Waals surface area contributed by atoms with Crippen LogP contribution >= 0.6 is 0 Å². The van der Waals surface area contributed by atoms with Gasteiger partial charge in [-0.2, -0.15) is 0 Å². The van der Waals surface area contributed by atoms with Gasteiger partial charge < -0.3 is 4.98 Å². The summed E-state index contributed by atoms with van der Waals surface area (Å²) in [7, 11) is 0. The van der Waals surface area contributed by atoms with Gasteiger partial charge in [0.1, 0.15) is 0 Å². The van der Waals surface area contributed by atoms with Gasteiger partial charge in [-0.05, 0) is 35.9 Å². The highest BCUT2D eigenvalue weighted by Gasteiger charge is 2.06. The molecule has 0 radical (unpaired) electrons. The first-order valence-electron chi connectivity index (χ1n) is 5.37. The van der Waals surface area contributed by atoms with Gasteiger partial charge in [0.15, 0.2) is 0 Å². The number of benzene rings is 1. The minimum Gasteiger partial charge on any atom is -0.355 e. The highest BCUT2D eigenvalue weighted by atomic mass is 14.7. The van der Waals surface area contributed by atoms with Crippen molar-refractivity contribution in [3.63, 3.8) is 0 Å². The molecule has 0 saturated heterocycles. The van der Waals surface area contributed by atoms with Gasteiger partial charge in [-0.3, -0.25) is 0 Å². The van der Waals surface area contributed by atoms with Crippen LogP contribution in [-0.4, -0.2) is 4.98 Å². The Bertz CT molecular complexity index is 510. The Morgan fingerprint density at radius 1 is 1.13 bits per heavy atom. The zero-order valence-electron chi connectivity index (χ0n) is 8.53. The number of H-pyrrole nitrogens is 1. The number of rotatable bonds is 1. The molecule has 0 saturated carbocycles. The van der Waals surface area contributed by atoms with Crippen LogP contribution in [-0.2, 0) is 0 Å². The maximum absolute atomic E-state index is 3.46. The molecule has 0 atom stereocenters. The van der Waals surface area contributed by atoms with Gasteiger partial charge in [0.05, 0.1) is 0 Å².